The van der Waals surface area contributed by atoms with Crippen molar-refractivity contribution in [3.63, 3.8) is 0 Å². The Hall–Kier alpha value is -0.130. The summed E-state index contributed by atoms with van der Waals surface area (Å²) in [6, 6.07) is -0.151. The van der Waals surface area contributed by atoms with Gasteiger partial charge in [0.15, 0.2) is 0 Å². The Bertz CT molecular complexity index is 272. The summed E-state index contributed by atoms with van der Waals surface area (Å²) in [5, 5.41) is 0. The predicted molar refractivity (Wildman–Crippen MR) is 55.8 cm³/mol. The minimum atomic E-state index is -2.90. The molecule has 1 saturated carbocycles. The molecule has 0 amide bonds. The Morgan fingerprint density at radius 1 is 1.50 bits per heavy atom. The molecule has 0 heterocycles. The van der Waals surface area contributed by atoms with Gasteiger partial charge in [-0.25, -0.2) is 8.42 Å². The van der Waals surface area contributed by atoms with Crippen molar-refractivity contribution in [3.05, 3.63) is 0 Å². The van der Waals surface area contributed by atoms with Gasteiger partial charge in [0, 0.05) is 19.4 Å². The van der Waals surface area contributed by atoms with Gasteiger partial charge in [-0.3, -0.25) is 0 Å². The molecule has 1 aliphatic rings. The molecule has 0 aromatic carbocycles. The van der Waals surface area contributed by atoms with E-state index < -0.39 is 9.84 Å². The molecule has 0 spiro atoms. The summed E-state index contributed by atoms with van der Waals surface area (Å²) in [6.45, 7) is 0. The van der Waals surface area contributed by atoms with Crippen LogP contribution in [0.15, 0.2) is 0 Å². The molecule has 14 heavy (non-hydrogen) atoms. The lowest BCUT2D eigenvalue weighted by Crippen LogP contribution is -2.39. The van der Waals surface area contributed by atoms with Gasteiger partial charge in [0.25, 0.3) is 0 Å². The third-order valence-electron chi connectivity index (χ3n) is 2.60. The van der Waals surface area contributed by atoms with Crippen LogP contribution in [0.1, 0.15) is 19.3 Å². The summed E-state index contributed by atoms with van der Waals surface area (Å²) in [5.74, 6) is 0.704. The number of nitrogens with two attached hydrogens (primary N) is 1. The van der Waals surface area contributed by atoms with Gasteiger partial charge in [0.05, 0.1) is 11.9 Å². The number of ether oxygens (including phenoxy) is 1. The first-order chi connectivity index (χ1) is 6.44. The maximum absolute atomic E-state index is 10.9. The van der Waals surface area contributed by atoms with E-state index in [1.807, 2.05) is 0 Å². The van der Waals surface area contributed by atoms with Crippen molar-refractivity contribution in [2.24, 2.45) is 11.7 Å². The van der Waals surface area contributed by atoms with Crippen LogP contribution in [0.5, 0.6) is 0 Å². The minimum Gasteiger partial charge on any atom is -0.380 e. The fourth-order valence-corrected chi connectivity index (χ4v) is 2.36. The second-order valence-electron chi connectivity index (χ2n) is 4.12. The van der Waals surface area contributed by atoms with Crippen molar-refractivity contribution in [2.45, 2.75) is 31.4 Å². The minimum absolute atomic E-state index is 0.0387. The van der Waals surface area contributed by atoms with Crippen molar-refractivity contribution < 1.29 is 13.2 Å². The first-order valence-electron chi connectivity index (χ1n) is 4.90. The summed E-state index contributed by atoms with van der Waals surface area (Å²) >= 11 is 0. The van der Waals surface area contributed by atoms with E-state index in [1.165, 1.54) is 6.26 Å². The van der Waals surface area contributed by atoms with Crippen molar-refractivity contribution >= 4 is 9.84 Å². The highest BCUT2D eigenvalue weighted by molar-refractivity contribution is 7.90. The second kappa shape index (κ2) is 4.59. The van der Waals surface area contributed by atoms with Gasteiger partial charge < -0.3 is 10.5 Å². The Labute approximate surface area is 85.7 Å². The van der Waals surface area contributed by atoms with E-state index in [9.17, 15) is 8.42 Å². The Kier molecular flexibility index (Phi) is 3.92. The van der Waals surface area contributed by atoms with Crippen molar-refractivity contribution in [3.8, 4) is 0 Å². The molecule has 4 nitrogen and oxygen atoms in total. The zero-order chi connectivity index (χ0) is 10.8. The van der Waals surface area contributed by atoms with Crippen LogP contribution in [0.4, 0.5) is 0 Å². The highest BCUT2D eigenvalue weighted by atomic mass is 32.2. The Morgan fingerprint density at radius 2 is 2.07 bits per heavy atom. The lowest BCUT2D eigenvalue weighted by atomic mass is 10.1. The van der Waals surface area contributed by atoms with Crippen LogP contribution >= 0.6 is 0 Å². The largest absolute Gasteiger partial charge is 0.380 e. The smallest absolute Gasteiger partial charge is 0.147 e. The molecule has 1 rings (SSSR count). The molecule has 0 aromatic rings. The van der Waals surface area contributed by atoms with Gasteiger partial charge in [-0.1, -0.05) is 0 Å². The van der Waals surface area contributed by atoms with Crippen LogP contribution in [-0.4, -0.2) is 39.7 Å². The third-order valence-corrected chi connectivity index (χ3v) is 3.58. The number of sulfone groups is 1. The molecule has 0 saturated heterocycles. The Morgan fingerprint density at radius 3 is 2.43 bits per heavy atom. The van der Waals surface area contributed by atoms with E-state index in [2.05, 4.69) is 0 Å². The van der Waals surface area contributed by atoms with Crippen LogP contribution in [0.2, 0.25) is 0 Å². The molecular formula is C9H19NO3S. The van der Waals surface area contributed by atoms with Crippen molar-refractivity contribution in [2.75, 3.05) is 19.1 Å². The molecule has 1 fully saturated rings. The van der Waals surface area contributed by atoms with E-state index in [0.29, 0.717) is 12.3 Å². The summed E-state index contributed by atoms with van der Waals surface area (Å²) in [6.07, 6.45) is 4.08. The molecule has 5 heteroatoms. The highest BCUT2D eigenvalue weighted by Gasteiger charge is 2.35. The SMILES string of the molecule is COC(C(N)CCS(C)(=O)=O)C1CC1. The van der Waals surface area contributed by atoms with Crippen LogP contribution in [0.25, 0.3) is 0 Å². The zero-order valence-corrected chi connectivity index (χ0v) is 9.59. The average Bonchev–Trinajstić information content (AvgIpc) is 2.85. The monoisotopic (exact) mass is 221 g/mol. The molecule has 0 radical (unpaired) electrons. The Balaban J connectivity index is 2.35. The molecule has 0 bridgehead atoms. The van der Waals surface area contributed by atoms with Gasteiger partial charge >= 0.3 is 0 Å². The zero-order valence-electron chi connectivity index (χ0n) is 8.77. The van der Waals surface area contributed by atoms with Gasteiger partial charge in [0.1, 0.15) is 9.84 Å². The van der Waals surface area contributed by atoms with E-state index >= 15 is 0 Å². The molecule has 2 atom stereocenters. The number of hydrogen-bond donors (Lipinski definition) is 1. The normalized spacial score (nSPS) is 21.9. The number of hydrogen-bond acceptors (Lipinski definition) is 4. The standard InChI is InChI=1S/C9H19NO3S/c1-13-9(7-3-4-7)8(10)5-6-14(2,11)12/h7-9H,3-6,10H2,1-2H3. The number of methoxy groups -OCH3 is 1. The summed E-state index contributed by atoms with van der Waals surface area (Å²) in [4.78, 5) is 0. The first kappa shape index (κ1) is 11.9. The maximum Gasteiger partial charge on any atom is 0.147 e. The fraction of sp³-hybridized carbons (Fsp3) is 1.00. The fourth-order valence-electron chi connectivity index (χ4n) is 1.66. The lowest BCUT2D eigenvalue weighted by Gasteiger charge is -2.21. The van der Waals surface area contributed by atoms with Gasteiger partial charge in [-0.2, -0.15) is 0 Å². The molecule has 84 valence electrons. The van der Waals surface area contributed by atoms with Crippen LogP contribution in [0.3, 0.4) is 0 Å². The topological polar surface area (TPSA) is 69.4 Å². The van der Waals surface area contributed by atoms with E-state index in [-0.39, 0.29) is 17.9 Å². The third kappa shape index (κ3) is 3.94. The molecular weight excluding hydrogens is 202 g/mol. The average molecular weight is 221 g/mol. The summed E-state index contributed by atoms with van der Waals surface area (Å²) < 4.78 is 27.2. The van der Waals surface area contributed by atoms with Crippen molar-refractivity contribution in [1.29, 1.82) is 0 Å². The molecule has 0 aromatic heterocycles. The van der Waals surface area contributed by atoms with Crippen LogP contribution in [-0.2, 0) is 14.6 Å². The van der Waals surface area contributed by atoms with Gasteiger partial charge in [-0.05, 0) is 25.2 Å². The first-order valence-corrected chi connectivity index (χ1v) is 6.96. The maximum atomic E-state index is 10.9. The second-order valence-corrected chi connectivity index (χ2v) is 6.38. The van der Waals surface area contributed by atoms with Gasteiger partial charge in [-0.15, -0.1) is 0 Å². The van der Waals surface area contributed by atoms with Gasteiger partial charge in [0.2, 0.25) is 0 Å². The number of rotatable bonds is 6. The molecule has 2 N–H and O–H groups in total. The van der Waals surface area contributed by atoms with E-state index in [4.69, 9.17) is 10.5 Å². The van der Waals surface area contributed by atoms with E-state index in [1.54, 1.807) is 7.11 Å². The highest BCUT2D eigenvalue weighted by Crippen LogP contribution is 2.35. The van der Waals surface area contributed by atoms with Crippen LogP contribution in [0, 0.1) is 5.92 Å². The molecule has 0 aliphatic heterocycles. The van der Waals surface area contributed by atoms with E-state index in [0.717, 1.165) is 12.8 Å². The van der Waals surface area contributed by atoms with Crippen molar-refractivity contribution in [1.82, 2.24) is 0 Å². The predicted octanol–water partition coefficient (Wildman–Crippen LogP) is 0.173. The quantitative estimate of drug-likeness (QED) is 0.694. The summed E-state index contributed by atoms with van der Waals surface area (Å²) in [5.41, 5.74) is 5.89. The van der Waals surface area contributed by atoms with Crippen LogP contribution < -0.4 is 5.73 Å². The lowest BCUT2D eigenvalue weighted by molar-refractivity contribution is 0.0618. The molecule has 1 aliphatic carbocycles. The molecule has 2 unspecified atom stereocenters. The summed E-state index contributed by atoms with van der Waals surface area (Å²) in [7, 11) is -1.26.